The van der Waals surface area contributed by atoms with E-state index < -0.39 is 0 Å². The number of nitrogens with one attached hydrogen (secondary N) is 1. The molecular formula is C15H17BrClN7O. The molecule has 0 aliphatic rings. The first kappa shape index (κ1) is 17.7. The summed E-state index contributed by atoms with van der Waals surface area (Å²) in [6, 6.07) is 1.69. The molecule has 0 aromatic carbocycles. The molecule has 1 amide bonds. The van der Waals surface area contributed by atoms with Crippen molar-refractivity contribution >= 4 is 33.4 Å². The summed E-state index contributed by atoms with van der Waals surface area (Å²) in [4.78, 5) is 12.1. The second kappa shape index (κ2) is 7.83. The molecule has 0 bridgehead atoms. The quantitative estimate of drug-likeness (QED) is 0.588. The van der Waals surface area contributed by atoms with Gasteiger partial charge in [0.05, 0.1) is 21.4 Å². The first-order chi connectivity index (χ1) is 12.0. The first-order valence-corrected chi connectivity index (χ1v) is 8.87. The smallest absolute Gasteiger partial charge is 0.271 e. The minimum Gasteiger partial charge on any atom is -0.351 e. The van der Waals surface area contributed by atoms with Gasteiger partial charge < -0.3 is 5.32 Å². The number of nitrogens with zero attached hydrogens (tertiary/aromatic N) is 6. The Hall–Kier alpha value is -2.13. The number of carbonyl (C=O) groups is 1. The number of hydrogen-bond acceptors (Lipinski definition) is 4. The predicted molar refractivity (Wildman–Crippen MR) is 96.5 cm³/mol. The Labute approximate surface area is 157 Å². The zero-order chi connectivity index (χ0) is 17.8. The highest BCUT2D eigenvalue weighted by Crippen LogP contribution is 2.12. The van der Waals surface area contributed by atoms with Gasteiger partial charge in [0.1, 0.15) is 12.4 Å². The molecule has 0 saturated carbocycles. The van der Waals surface area contributed by atoms with E-state index in [1.165, 1.54) is 0 Å². The summed E-state index contributed by atoms with van der Waals surface area (Å²) in [6.45, 7) is 3.53. The maximum atomic E-state index is 12.1. The fourth-order valence-corrected chi connectivity index (χ4v) is 2.75. The maximum Gasteiger partial charge on any atom is 0.271 e. The van der Waals surface area contributed by atoms with Crippen molar-refractivity contribution < 1.29 is 4.79 Å². The van der Waals surface area contributed by atoms with Gasteiger partial charge in [-0.15, -0.1) is 0 Å². The molecule has 25 heavy (non-hydrogen) atoms. The molecule has 0 aliphatic carbocycles. The van der Waals surface area contributed by atoms with Crippen molar-refractivity contribution in [1.29, 1.82) is 0 Å². The van der Waals surface area contributed by atoms with Gasteiger partial charge in [-0.1, -0.05) is 11.6 Å². The van der Waals surface area contributed by atoms with E-state index in [0.717, 1.165) is 16.6 Å². The Bertz CT molecular complexity index is 849. The number of halogens is 2. The van der Waals surface area contributed by atoms with Crippen LogP contribution in [0.3, 0.4) is 0 Å². The van der Waals surface area contributed by atoms with E-state index in [-0.39, 0.29) is 5.91 Å². The van der Waals surface area contributed by atoms with Crippen LogP contribution < -0.4 is 5.32 Å². The summed E-state index contributed by atoms with van der Waals surface area (Å²) in [6.07, 6.45) is 7.83. The lowest BCUT2D eigenvalue weighted by Gasteiger charge is -2.04. The highest BCUT2D eigenvalue weighted by Gasteiger charge is 2.09. The van der Waals surface area contributed by atoms with E-state index >= 15 is 0 Å². The third-order valence-electron chi connectivity index (χ3n) is 3.50. The lowest BCUT2D eigenvalue weighted by Crippen LogP contribution is -2.26. The monoisotopic (exact) mass is 425 g/mol. The van der Waals surface area contributed by atoms with E-state index in [9.17, 15) is 4.79 Å². The van der Waals surface area contributed by atoms with Crippen molar-refractivity contribution in [3.63, 3.8) is 0 Å². The Morgan fingerprint density at radius 1 is 1.28 bits per heavy atom. The molecule has 8 nitrogen and oxygen atoms in total. The average molecular weight is 427 g/mol. The van der Waals surface area contributed by atoms with Crippen molar-refractivity contribution in [2.75, 3.05) is 6.54 Å². The minimum atomic E-state index is -0.199. The van der Waals surface area contributed by atoms with E-state index in [1.807, 2.05) is 13.1 Å². The third-order valence-corrected chi connectivity index (χ3v) is 4.28. The Morgan fingerprint density at radius 3 is 2.80 bits per heavy atom. The highest BCUT2D eigenvalue weighted by molar-refractivity contribution is 9.10. The SMILES string of the molecule is Cc1nn(CCCNC(=O)c2ccn(Cn3cc(Br)cn3)n2)cc1Cl. The molecule has 0 spiro atoms. The Balaban J connectivity index is 1.45. The van der Waals surface area contributed by atoms with Crippen LogP contribution >= 0.6 is 27.5 Å². The zero-order valence-electron chi connectivity index (χ0n) is 13.6. The van der Waals surface area contributed by atoms with Crippen LogP contribution in [0.4, 0.5) is 0 Å². The molecule has 0 saturated heterocycles. The highest BCUT2D eigenvalue weighted by atomic mass is 79.9. The van der Waals surface area contributed by atoms with Crippen LogP contribution in [0.25, 0.3) is 0 Å². The molecule has 3 rings (SSSR count). The second-order valence-electron chi connectivity index (χ2n) is 5.51. The largest absolute Gasteiger partial charge is 0.351 e. The molecular weight excluding hydrogens is 410 g/mol. The third kappa shape index (κ3) is 4.70. The van der Waals surface area contributed by atoms with Gasteiger partial charge >= 0.3 is 0 Å². The predicted octanol–water partition coefficient (Wildman–Crippen LogP) is 2.33. The molecule has 1 N–H and O–H groups in total. The molecule has 3 aromatic heterocycles. The molecule has 0 atom stereocenters. The van der Waals surface area contributed by atoms with E-state index in [2.05, 4.69) is 36.5 Å². The Morgan fingerprint density at radius 2 is 2.12 bits per heavy atom. The van der Waals surface area contributed by atoms with Crippen molar-refractivity contribution in [2.45, 2.75) is 26.6 Å². The van der Waals surface area contributed by atoms with Crippen LogP contribution in [0.5, 0.6) is 0 Å². The van der Waals surface area contributed by atoms with Gasteiger partial charge in [-0.05, 0) is 35.3 Å². The fourth-order valence-electron chi connectivity index (χ4n) is 2.27. The van der Waals surface area contributed by atoms with E-state index in [4.69, 9.17) is 11.6 Å². The summed E-state index contributed by atoms with van der Waals surface area (Å²) < 4.78 is 6.05. The van der Waals surface area contributed by atoms with Crippen molar-refractivity contribution in [2.24, 2.45) is 0 Å². The van der Waals surface area contributed by atoms with E-state index in [0.29, 0.717) is 30.5 Å². The fraction of sp³-hybridized carbons (Fsp3) is 0.333. The van der Waals surface area contributed by atoms with Crippen molar-refractivity contribution in [3.8, 4) is 0 Å². The number of aromatic nitrogens is 6. The van der Waals surface area contributed by atoms with Gasteiger partial charge in [-0.25, -0.2) is 4.68 Å². The standard InChI is InChI=1S/C15H17BrClN7O/c1-11-13(17)9-22(20-11)5-2-4-18-15(25)14-3-6-23(21-14)10-24-8-12(16)7-19-24/h3,6-9H,2,4-5,10H2,1H3,(H,18,25). The van der Waals surface area contributed by atoms with Gasteiger partial charge in [0, 0.05) is 31.7 Å². The maximum absolute atomic E-state index is 12.1. The van der Waals surface area contributed by atoms with Crippen LogP contribution in [0.2, 0.25) is 5.02 Å². The summed E-state index contributed by atoms with van der Waals surface area (Å²) in [5.74, 6) is -0.199. The number of rotatable bonds is 7. The van der Waals surface area contributed by atoms with Crippen LogP contribution in [0.15, 0.2) is 35.3 Å². The Kier molecular flexibility index (Phi) is 5.54. The second-order valence-corrected chi connectivity index (χ2v) is 6.84. The number of amides is 1. The summed E-state index contributed by atoms with van der Waals surface area (Å²) in [7, 11) is 0. The summed E-state index contributed by atoms with van der Waals surface area (Å²) in [5.41, 5.74) is 1.18. The van der Waals surface area contributed by atoms with Crippen LogP contribution in [0.1, 0.15) is 22.6 Å². The number of carbonyl (C=O) groups excluding carboxylic acids is 1. The first-order valence-electron chi connectivity index (χ1n) is 7.70. The molecule has 0 unspecified atom stereocenters. The van der Waals surface area contributed by atoms with E-state index in [1.54, 1.807) is 38.7 Å². The zero-order valence-corrected chi connectivity index (χ0v) is 15.9. The summed E-state index contributed by atoms with van der Waals surface area (Å²) in [5, 5.41) is 16.2. The lowest BCUT2D eigenvalue weighted by molar-refractivity contribution is 0.0946. The molecule has 0 aliphatic heterocycles. The molecule has 0 fully saturated rings. The van der Waals surface area contributed by atoms with Crippen LogP contribution in [-0.4, -0.2) is 41.8 Å². The number of hydrogen-bond donors (Lipinski definition) is 1. The average Bonchev–Trinajstić information content (AvgIpc) is 3.27. The molecule has 0 radical (unpaired) electrons. The normalized spacial score (nSPS) is 11.0. The van der Waals surface area contributed by atoms with Crippen molar-refractivity contribution in [3.05, 3.63) is 51.7 Å². The van der Waals surface area contributed by atoms with Gasteiger partial charge in [0.2, 0.25) is 0 Å². The van der Waals surface area contributed by atoms with Gasteiger partial charge in [-0.3, -0.25) is 14.2 Å². The summed E-state index contributed by atoms with van der Waals surface area (Å²) >= 11 is 9.30. The van der Waals surface area contributed by atoms with Crippen LogP contribution in [0, 0.1) is 6.92 Å². The molecule has 3 heterocycles. The number of aryl methyl sites for hydroxylation is 2. The molecule has 10 heteroatoms. The lowest BCUT2D eigenvalue weighted by atomic mass is 10.3. The van der Waals surface area contributed by atoms with Gasteiger partial charge in [0.15, 0.2) is 0 Å². The molecule has 3 aromatic rings. The van der Waals surface area contributed by atoms with Crippen LogP contribution in [-0.2, 0) is 13.2 Å². The van der Waals surface area contributed by atoms with Crippen molar-refractivity contribution in [1.82, 2.24) is 34.7 Å². The van der Waals surface area contributed by atoms with Gasteiger partial charge in [-0.2, -0.15) is 15.3 Å². The van der Waals surface area contributed by atoms with Gasteiger partial charge in [0.25, 0.3) is 5.91 Å². The topological polar surface area (TPSA) is 82.6 Å². The molecule has 132 valence electrons. The minimum absolute atomic E-state index is 0.199.